The molecule has 0 aliphatic carbocycles. The highest BCUT2D eigenvalue weighted by molar-refractivity contribution is 5.97. The van der Waals surface area contributed by atoms with E-state index < -0.39 is 0 Å². The average Bonchev–Trinajstić information content (AvgIpc) is 2.79. The Morgan fingerprint density at radius 3 is 2.62 bits per heavy atom. The van der Waals surface area contributed by atoms with Crippen LogP contribution in [0.5, 0.6) is 0 Å². The third-order valence-electron chi connectivity index (χ3n) is 4.84. The molecule has 172 valence electrons. The zero-order chi connectivity index (χ0) is 23.5. The first-order chi connectivity index (χ1) is 15.4. The number of nitrogens with zero attached hydrogens (tertiary/aromatic N) is 1. The van der Waals surface area contributed by atoms with E-state index in [1.165, 1.54) is 12.4 Å². The van der Waals surface area contributed by atoms with Gasteiger partial charge in [-0.3, -0.25) is 10.4 Å². The van der Waals surface area contributed by atoms with Crippen LogP contribution < -0.4 is 21.7 Å². The smallest absolute Gasteiger partial charge is 0.158 e. The third-order valence-corrected chi connectivity index (χ3v) is 4.84. The van der Waals surface area contributed by atoms with Gasteiger partial charge in [0.05, 0.1) is 11.4 Å². The monoisotopic (exact) mass is 439 g/mol. The zero-order valence-electron chi connectivity index (χ0n) is 19.0. The summed E-state index contributed by atoms with van der Waals surface area (Å²) >= 11 is 0. The summed E-state index contributed by atoms with van der Waals surface area (Å²) in [7, 11) is 3.20. The van der Waals surface area contributed by atoms with Gasteiger partial charge >= 0.3 is 0 Å². The predicted octanol–water partition coefficient (Wildman–Crippen LogP) is 2.41. The van der Waals surface area contributed by atoms with Gasteiger partial charge < -0.3 is 36.6 Å². The Bertz CT molecular complexity index is 917. The average molecular weight is 440 g/mol. The molecule has 2 heterocycles. The fourth-order valence-corrected chi connectivity index (χ4v) is 2.95. The first-order valence-corrected chi connectivity index (χ1v) is 10.3. The van der Waals surface area contributed by atoms with Crippen molar-refractivity contribution in [1.82, 2.24) is 16.0 Å². The molecule has 0 aromatic heterocycles. The predicted molar refractivity (Wildman–Crippen MR) is 129 cm³/mol. The maximum Gasteiger partial charge on any atom is 0.158 e. The van der Waals surface area contributed by atoms with Crippen molar-refractivity contribution >= 4 is 18.3 Å². The van der Waals surface area contributed by atoms with Crippen molar-refractivity contribution < 1.29 is 9.47 Å². The van der Waals surface area contributed by atoms with Gasteiger partial charge in [-0.2, -0.15) is 0 Å². The molecule has 0 atom stereocenters. The number of hydrogen-bond acceptors (Lipinski definition) is 8. The highest BCUT2D eigenvalue weighted by Crippen LogP contribution is 2.21. The van der Waals surface area contributed by atoms with Crippen LogP contribution >= 0.6 is 0 Å². The van der Waals surface area contributed by atoms with E-state index in [9.17, 15) is 0 Å². The first-order valence-electron chi connectivity index (χ1n) is 10.3. The minimum Gasteiger partial charge on any atom is -0.404 e. The van der Waals surface area contributed by atoms with Gasteiger partial charge in [0.15, 0.2) is 6.29 Å². The maximum atomic E-state index is 8.17. The Morgan fingerprint density at radius 2 is 2.00 bits per heavy atom. The van der Waals surface area contributed by atoms with Crippen LogP contribution in [0.3, 0.4) is 0 Å². The Balaban J connectivity index is 2.03. The molecule has 0 fully saturated rings. The summed E-state index contributed by atoms with van der Waals surface area (Å²) in [5.74, 6) is 1.04. The molecule has 0 aromatic carbocycles. The Labute approximate surface area is 189 Å². The number of methoxy groups -OCH3 is 2. The molecule has 0 saturated heterocycles. The van der Waals surface area contributed by atoms with E-state index >= 15 is 0 Å². The quantitative estimate of drug-likeness (QED) is 0.166. The number of fused-ring (bicyclic) bond motifs is 1. The SMILES string of the molecule is COC(CCN=CC(=CN)C1=CNC2=CC=C(NC(=N)C=C(C=N)C(C)C)NC2=C1)OC. The number of ether oxygens (including phenoxy) is 2. The van der Waals surface area contributed by atoms with Crippen LogP contribution in [-0.2, 0) is 9.47 Å². The van der Waals surface area contributed by atoms with Crippen LogP contribution in [0.2, 0.25) is 0 Å². The number of hydrogen-bond donors (Lipinski definition) is 6. The van der Waals surface area contributed by atoms with Crippen LogP contribution in [0.15, 0.2) is 75.6 Å². The standard InChI is InChI=1S/C23H33N7O2/c1-15(2)16(11-24)10-21(26)30-22-6-5-19-20(29-22)9-17(14-28-19)18(12-25)13-27-8-7-23(31-3)32-4/h5-6,9-15,23-24,28-29H,7-8,25H2,1-4H3,(H2,26,30). The Kier molecular flexibility index (Phi) is 9.65. The molecule has 0 aromatic rings. The van der Waals surface area contributed by atoms with Crippen molar-refractivity contribution in [2.45, 2.75) is 26.6 Å². The number of rotatable bonds is 11. The lowest BCUT2D eigenvalue weighted by molar-refractivity contribution is -0.104. The van der Waals surface area contributed by atoms with Gasteiger partial charge in [-0.25, -0.2) is 0 Å². The van der Waals surface area contributed by atoms with Crippen molar-refractivity contribution in [2.24, 2.45) is 16.6 Å². The Morgan fingerprint density at radius 1 is 1.25 bits per heavy atom. The maximum absolute atomic E-state index is 8.17. The molecule has 0 spiro atoms. The number of dihydropyridines is 2. The summed E-state index contributed by atoms with van der Waals surface area (Å²) in [6.07, 6.45) is 14.1. The van der Waals surface area contributed by atoms with Crippen molar-refractivity contribution in [3.05, 3.63) is 70.6 Å². The van der Waals surface area contributed by atoms with Crippen LogP contribution in [-0.4, -0.2) is 45.3 Å². The summed E-state index contributed by atoms with van der Waals surface area (Å²) in [4.78, 5) is 4.42. The highest BCUT2D eigenvalue weighted by Gasteiger charge is 2.17. The van der Waals surface area contributed by atoms with E-state index in [-0.39, 0.29) is 18.0 Å². The van der Waals surface area contributed by atoms with E-state index in [0.29, 0.717) is 18.8 Å². The second-order valence-corrected chi connectivity index (χ2v) is 7.42. The van der Waals surface area contributed by atoms with Crippen LogP contribution in [0.1, 0.15) is 20.3 Å². The lowest BCUT2D eigenvalue weighted by atomic mass is 10.0. The third kappa shape index (κ3) is 7.07. The van der Waals surface area contributed by atoms with Gasteiger partial charge in [-0.15, -0.1) is 0 Å². The second kappa shape index (κ2) is 12.4. The van der Waals surface area contributed by atoms with Crippen LogP contribution in [0.25, 0.3) is 0 Å². The molecular weight excluding hydrogens is 406 g/mol. The normalized spacial score (nSPS) is 16.6. The summed E-state index contributed by atoms with van der Waals surface area (Å²) < 4.78 is 10.3. The molecule has 2 aliphatic rings. The fourth-order valence-electron chi connectivity index (χ4n) is 2.95. The molecule has 0 amide bonds. The molecule has 2 aliphatic heterocycles. The van der Waals surface area contributed by atoms with E-state index in [2.05, 4.69) is 20.9 Å². The molecular formula is C23H33N7O2. The fraction of sp³-hybridized carbons (Fsp3) is 0.348. The van der Waals surface area contributed by atoms with Gasteiger partial charge in [-0.05, 0) is 35.8 Å². The number of aliphatic imine (C=N–C) groups is 1. The molecule has 0 saturated carbocycles. The van der Waals surface area contributed by atoms with Gasteiger partial charge in [0.25, 0.3) is 0 Å². The Hall–Kier alpha value is -3.43. The van der Waals surface area contributed by atoms with Crippen molar-refractivity contribution in [1.29, 1.82) is 10.8 Å². The molecule has 32 heavy (non-hydrogen) atoms. The lowest BCUT2D eigenvalue weighted by Crippen LogP contribution is -2.34. The summed E-state index contributed by atoms with van der Waals surface area (Å²) in [6, 6.07) is 0. The summed E-state index contributed by atoms with van der Waals surface area (Å²) in [6.45, 7) is 4.52. The minimum absolute atomic E-state index is 0.172. The summed E-state index contributed by atoms with van der Waals surface area (Å²) in [5.41, 5.74) is 9.99. The highest BCUT2D eigenvalue weighted by atomic mass is 16.7. The van der Waals surface area contributed by atoms with Crippen molar-refractivity contribution in [2.75, 3.05) is 20.8 Å². The lowest BCUT2D eigenvalue weighted by Gasteiger charge is -2.25. The van der Waals surface area contributed by atoms with Crippen LogP contribution in [0.4, 0.5) is 0 Å². The summed E-state index contributed by atoms with van der Waals surface area (Å²) in [5, 5.41) is 25.2. The first kappa shape index (κ1) is 24.8. The topological polar surface area (TPSA) is 141 Å². The molecule has 9 heteroatoms. The van der Waals surface area contributed by atoms with Crippen molar-refractivity contribution in [3.63, 3.8) is 0 Å². The van der Waals surface area contributed by atoms with E-state index in [1.807, 2.05) is 38.3 Å². The molecule has 9 nitrogen and oxygen atoms in total. The van der Waals surface area contributed by atoms with E-state index in [1.54, 1.807) is 26.5 Å². The molecule has 0 bridgehead atoms. The zero-order valence-corrected chi connectivity index (χ0v) is 19.0. The number of nitrogens with two attached hydrogens (primary N) is 1. The van der Waals surface area contributed by atoms with Crippen LogP contribution in [0, 0.1) is 16.7 Å². The number of nitrogens with one attached hydrogen (secondary N) is 5. The molecule has 2 rings (SSSR count). The molecule has 0 radical (unpaired) electrons. The minimum atomic E-state index is -0.281. The number of allylic oxidation sites excluding steroid dienone is 6. The van der Waals surface area contributed by atoms with Gasteiger partial charge in [0.1, 0.15) is 11.7 Å². The molecule has 0 unspecified atom stereocenters. The molecule has 7 N–H and O–H groups in total. The second-order valence-electron chi connectivity index (χ2n) is 7.42. The van der Waals surface area contributed by atoms with Crippen molar-refractivity contribution in [3.8, 4) is 0 Å². The number of amidine groups is 1. The van der Waals surface area contributed by atoms with Gasteiger partial charge in [0, 0.05) is 63.2 Å². The van der Waals surface area contributed by atoms with E-state index in [0.717, 1.165) is 28.1 Å². The van der Waals surface area contributed by atoms with E-state index in [4.69, 9.17) is 26.0 Å². The van der Waals surface area contributed by atoms with Gasteiger partial charge in [0.2, 0.25) is 0 Å². The van der Waals surface area contributed by atoms with Gasteiger partial charge in [-0.1, -0.05) is 13.8 Å². The largest absolute Gasteiger partial charge is 0.404 e.